The minimum Gasteiger partial charge on any atom is -0.488 e. The van der Waals surface area contributed by atoms with Crippen LogP contribution in [0.1, 0.15) is 60.0 Å². The second kappa shape index (κ2) is 8.06. The third-order valence-corrected chi connectivity index (χ3v) is 7.35. The van der Waals surface area contributed by atoms with Crippen molar-refractivity contribution >= 4 is 33.3 Å². The molecule has 162 valence electrons. The van der Waals surface area contributed by atoms with Crippen LogP contribution in [-0.2, 0) is 10.0 Å². The molecule has 0 heterocycles. The normalized spacial score (nSPS) is 20.4. The topological polar surface area (TPSA) is 116 Å². The van der Waals surface area contributed by atoms with E-state index in [-0.39, 0.29) is 44.5 Å². The summed E-state index contributed by atoms with van der Waals surface area (Å²) in [5, 5.41) is 19.0. The molecule has 2 aliphatic rings. The smallest absolute Gasteiger partial charge is 0.337 e. The fourth-order valence-electron chi connectivity index (χ4n) is 3.73. The zero-order valence-electron chi connectivity index (χ0n) is 16.8. The van der Waals surface area contributed by atoms with Crippen molar-refractivity contribution in [2.24, 2.45) is 5.92 Å². The third kappa shape index (κ3) is 4.48. The van der Waals surface area contributed by atoms with Crippen molar-refractivity contribution in [3.05, 3.63) is 52.0 Å². The number of carbonyl (C=O) groups is 1. The van der Waals surface area contributed by atoms with E-state index in [9.17, 15) is 23.6 Å². The number of hydrogen-bond acceptors (Lipinski definition) is 5. The first kappa shape index (κ1) is 21.5. The highest BCUT2D eigenvalue weighted by molar-refractivity contribution is 7.92. The molecule has 2 saturated carbocycles. The van der Waals surface area contributed by atoms with E-state index >= 15 is 0 Å². The maximum Gasteiger partial charge on any atom is 0.337 e. The van der Waals surface area contributed by atoms with Crippen molar-refractivity contribution in [2.75, 3.05) is 4.72 Å². The summed E-state index contributed by atoms with van der Waals surface area (Å²) in [5.74, 6) is -0.365. The number of nitrogens with zero attached hydrogens (tertiary/aromatic N) is 1. The number of sulfonamides is 1. The van der Waals surface area contributed by atoms with E-state index in [1.54, 1.807) is 6.07 Å². The Kier molecular flexibility index (Phi) is 5.58. The van der Waals surface area contributed by atoms with Gasteiger partial charge in [-0.25, -0.2) is 13.2 Å². The molecule has 2 fully saturated rings. The van der Waals surface area contributed by atoms with Crippen LogP contribution in [-0.4, -0.2) is 25.6 Å². The van der Waals surface area contributed by atoms with Gasteiger partial charge in [-0.05, 0) is 61.3 Å². The molecule has 0 aromatic heterocycles. The molecule has 2 aromatic carbocycles. The maximum atomic E-state index is 13.2. The summed E-state index contributed by atoms with van der Waals surface area (Å²) < 4.78 is 34.8. The second-order valence-corrected chi connectivity index (χ2v) is 10.3. The Hall–Kier alpha value is -2.76. The summed E-state index contributed by atoms with van der Waals surface area (Å²) in [6, 6.07) is 9.04. The summed E-state index contributed by atoms with van der Waals surface area (Å²) in [7, 11) is -4.28. The Morgan fingerprint density at radius 2 is 1.97 bits per heavy atom. The Bertz CT molecular complexity index is 1200. The Balaban J connectivity index is 1.73. The lowest BCUT2D eigenvalue weighted by Crippen LogP contribution is -2.32. The van der Waals surface area contributed by atoms with E-state index in [2.05, 4.69) is 11.6 Å². The van der Waals surface area contributed by atoms with Gasteiger partial charge in [0.25, 0.3) is 10.0 Å². The third-order valence-electron chi connectivity index (χ3n) is 5.63. The standard InChI is InChI=1S/C22H21ClN2O5S/c1-12-6-16(7-12)30-20-10-18(23)15(11-24)8-19(20)25-31(28,29)21-9-14(13-2-3-13)4-5-17(21)22(26)27/h4-5,8-10,12-13,16,25H,2-3,6-7H2,1H3,(H,26,27). The maximum absolute atomic E-state index is 13.2. The molecule has 0 aliphatic heterocycles. The molecular formula is C22H21ClN2O5S. The molecule has 7 nitrogen and oxygen atoms in total. The van der Waals surface area contributed by atoms with E-state index in [1.165, 1.54) is 24.3 Å². The molecule has 4 rings (SSSR count). The van der Waals surface area contributed by atoms with Crippen LogP contribution in [0.15, 0.2) is 35.2 Å². The monoisotopic (exact) mass is 460 g/mol. The first-order valence-electron chi connectivity index (χ1n) is 9.98. The van der Waals surface area contributed by atoms with Gasteiger partial charge >= 0.3 is 5.97 Å². The fraction of sp³-hybridized carbons (Fsp3) is 0.364. The van der Waals surface area contributed by atoms with Crippen LogP contribution in [0.2, 0.25) is 5.02 Å². The number of carboxylic acid groups (broad SMARTS) is 1. The predicted molar refractivity (Wildman–Crippen MR) is 115 cm³/mol. The number of nitrogens with one attached hydrogen (secondary N) is 1. The lowest BCUT2D eigenvalue weighted by Gasteiger charge is -2.33. The van der Waals surface area contributed by atoms with Gasteiger partial charge in [-0.2, -0.15) is 5.26 Å². The Morgan fingerprint density at radius 1 is 1.26 bits per heavy atom. The van der Waals surface area contributed by atoms with Gasteiger partial charge in [0.15, 0.2) is 0 Å². The molecule has 0 unspecified atom stereocenters. The number of hydrogen-bond donors (Lipinski definition) is 2. The number of benzene rings is 2. The molecule has 0 amide bonds. The molecule has 0 spiro atoms. The number of anilines is 1. The number of rotatable bonds is 7. The van der Waals surface area contributed by atoms with Gasteiger partial charge < -0.3 is 9.84 Å². The molecule has 2 aromatic rings. The van der Waals surface area contributed by atoms with Gasteiger partial charge in [-0.15, -0.1) is 0 Å². The van der Waals surface area contributed by atoms with Crippen LogP contribution >= 0.6 is 11.6 Å². The number of ether oxygens (including phenoxy) is 1. The quantitative estimate of drug-likeness (QED) is 0.614. The first-order valence-corrected chi connectivity index (χ1v) is 11.8. The molecule has 31 heavy (non-hydrogen) atoms. The number of carboxylic acids is 1. The van der Waals surface area contributed by atoms with Crippen LogP contribution in [0.25, 0.3) is 0 Å². The number of nitriles is 1. The minimum atomic E-state index is -4.28. The molecule has 0 bridgehead atoms. The Labute approximate surface area is 185 Å². The molecule has 9 heteroatoms. The molecular weight excluding hydrogens is 440 g/mol. The lowest BCUT2D eigenvalue weighted by molar-refractivity contribution is 0.0692. The van der Waals surface area contributed by atoms with E-state index in [1.807, 2.05) is 6.07 Å². The second-order valence-electron chi connectivity index (χ2n) is 8.20. The summed E-state index contributed by atoms with van der Waals surface area (Å²) in [4.78, 5) is 11.4. The minimum absolute atomic E-state index is 0.0497. The number of aromatic carboxylic acids is 1. The van der Waals surface area contributed by atoms with Crippen molar-refractivity contribution in [3.63, 3.8) is 0 Å². The largest absolute Gasteiger partial charge is 0.488 e. The fourth-order valence-corrected chi connectivity index (χ4v) is 5.22. The van der Waals surface area contributed by atoms with Crippen LogP contribution in [0, 0.1) is 17.2 Å². The molecule has 0 saturated heterocycles. The van der Waals surface area contributed by atoms with Crippen LogP contribution in [0.4, 0.5) is 5.69 Å². The van der Waals surface area contributed by atoms with Gasteiger partial charge in [-0.1, -0.05) is 24.6 Å². The lowest BCUT2D eigenvalue weighted by atomic mass is 9.84. The van der Waals surface area contributed by atoms with Gasteiger partial charge in [0, 0.05) is 6.07 Å². The van der Waals surface area contributed by atoms with Gasteiger partial charge in [-0.3, -0.25) is 4.72 Å². The average Bonchev–Trinajstić information content (AvgIpc) is 3.53. The van der Waals surface area contributed by atoms with Crippen molar-refractivity contribution in [1.82, 2.24) is 0 Å². The van der Waals surface area contributed by atoms with E-state index in [0.29, 0.717) is 5.92 Å². The van der Waals surface area contributed by atoms with Gasteiger partial charge in [0.2, 0.25) is 0 Å². The summed E-state index contributed by atoms with van der Waals surface area (Å²) in [6.07, 6.45) is 3.47. The zero-order valence-corrected chi connectivity index (χ0v) is 18.3. The molecule has 2 N–H and O–H groups in total. The predicted octanol–water partition coefficient (Wildman–Crippen LogP) is 4.77. The molecule has 0 radical (unpaired) electrons. The summed E-state index contributed by atoms with van der Waals surface area (Å²) >= 11 is 6.13. The van der Waals surface area contributed by atoms with Gasteiger partial charge in [0.05, 0.1) is 27.9 Å². The average molecular weight is 461 g/mol. The van der Waals surface area contributed by atoms with Crippen LogP contribution < -0.4 is 9.46 Å². The first-order chi connectivity index (χ1) is 14.7. The van der Waals surface area contributed by atoms with E-state index in [4.69, 9.17) is 16.3 Å². The van der Waals surface area contributed by atoms with Gasteiger partial charge in [0.1, 0.15) is 16.7 Å². The van der Waals surface area contributed by atoms with Crippen LogP contribution in [0.3, 0.4) is 0 Å². The molecule has 0 atom stereocenters. The Morgan fingerprint density at radius 3 is 2.55 bits per heavy atom. The zero-order chi connectivity index (χ0) is 22.3. The summed E-state index contributed by atoms with van der Waals surface area (Å²) in [6.45, 7) is 2.09. The van der Waals surface area contributed by atoms with Crippen LogP contribution in [0.5, 0.6) is 5.75 Å². The summed E-state index contributed by atoms with van der Waals surface area (Å²) in [5.41, 5.74) is 0.605. The van der Waals surface area contributed by atoms with Crippen molar-refractivity contribution < 1.29 is 23.1 Å². The highest BCUT2D eigenvalue weighted by atomic mass is 35.5. The van der Waals surface area contributed by atoms with E-state index < -0.39 is 16.0 Å². The van der Waals surface area contributed by atoms with Crippen molar-refractivity contribution in [2.45, 2.75) is 49.5 Å². The van der Waals surface area contributed by atoms with Crippen molar-refractivity contribution in [3.8, 4) is 11.8 Å². The van der Waals surface area contributed by atoms with Crippen molar-refractivity contribution in [1.29, 1.82) is 5.26 Å². The molecule has 2 aliphatic carbocycles. The highest BCUT2D eigenvalue weighted by Crippen LogP contribution is 2.42. The highest BCUT2D eigenvalue weighted by Gasteiger charge is 2.31. The van der Waals surface area contributed by atoms with E-state index in [0.717, 1.165) is 31.2 Å². The number of halogens is 1. The SMILES string of the molecule is CC1CC(Oc2cc(Cl)c(C#N)cc2NS(=O)(=O)c2cc(C3CC3)ccc2C(=O)O)C1.